The van der Waals surface area contributed by atoms with Gasteiger partial charge in [0.15, 0.2) is 29.3 Å². The molecule has 3 saturated heterocycles. The number of aromatic nitrogens is 7. The summed E-state index contributed by atoms with van der Waals surface area (Å²) >= 11 is 4.27. The largest absolute Gasteiger partial charge is 0.508 e. The van der Waals surface area contributed by atoms with E-state index in [0.717, 1.165) is 36.2 Å². The molecule has 3 fully saturated rings. The van der Waals surface area contributed by atoms with Gasteiger partial charge in [-0.05, 0) is 18.4 Å². The molecule has 0 aliphatic carbocycles. The molecule has 0 amide bonds. The quantitative estimate of drug-likeness (QED) is 0.135. The number of fused-ring (bicyclic) bond motifs is 4. The van der Waals surface area contributed by atoms with E-state index in [9.17, 15) is 9.36 Å². The molecule has 7 atom stereocenters. The van der Waals surface area contributed by atoms with Crippen LogP contribution in [-0.4, -0.2) is 97.5 Å². The Morgan fingerprint density at radius 3 is 2.81 bits per heavy atom. The zero-order chi connectivity index (χ0) is 32.1. The Morgan fingerprint density at radius 1 is 1.04 bits per heavy atom. The van der Waals surface area contributed by atoms with Crippen LogP contribution in [0.25, 0.3) is 22.2 Å². The van der Waals surface area contributed by atoms with Gasteiger partial charge in [0.05, 0.1) is 24.4 Å². The number of ether oxygens (including phenoxy) is 4. The van der Waals surface area contributed by atoms with Crippen molar-refractivity contribution >= 4 is 59.0 Å². The molecule has 47 heavy (non-hydrogen) atoms. The van der Waals surface area contributed by atoms with E-state index in [-0.39, 0.29) is 26.1 Å². The van der Waals surface area contributed by atoms with Gasteiger partial charge in [0.1, 0.15) is 49.2 Å². The van der Waals surface area contributed by atoms with E-state index in [4.69, 9.17) is 33.7 Å². The first-order valence-electron chi connectivity index (χ1n) is 15.4. The van der Waals surface area contributed by atoms with Crippen molar-refractivity contribution in [3.8, 4) is 0 Å². The van der Waals surface area contributed by atoms with Crippen LogP contribution in [0.3, 0.4) is 0 Å². The number of hydrogen-bond acceptors (Lipinski definition) is 16. The standard InChI is InChI=1S/C27H33N10O8PS/c28-3-5-30-23-21-25(34-12-32-23)37(13-35-21)26-17-6-15(42-26)9-41-46(39,47)45-16-7-19(43-18(16)10-40-27(38)44-17)36-8-14-2-1-4-29-22-20(14)24(36)33-11-31-22/h8,11-13,15-19,26H,1-7,9-10,28H2,(H,39,47)(H,29,31,33)(H,30,32,34)/t15-,16-,17+,18+,19+,26+,46?/m0/s1. The van der Waals surface area contributed by atoms with Crippen molar-refractivity contribution in [2.75, 3.05) is 43.5 Å². The second kappa shape index (κ2) is 12.5. The molecule has 20 heteroatoms. The fraction of sp³-hybridized carbons (Fsp3) is 0.556. The maximum Gasteiger partial charge on any atom is 0.508 e. The predicted octanol–water partition coefficient (Wildman–Crippen LogP) is 2.55. The molecule has 250 valence electrons. The summed E-state index contributed by atoms with van der Waals surface area (Å²) in [6.45, 7) is -2.59. The van der Waals surface area contributed by atoms with Crippen molar-refractivity contribution in [1.82, 2.24) is 34.1 Å². The molecular weight excluding hydrogens is 655 g/mol. The van der Waals surface area contributed by atoms with Gasteiger partial charge in [0.2, 0.25) is 0 Å². The molecule has 0 radical (unpaired) electrons. The van der Waals surface area contributed by atoms with Gasteiger partial charge < -0.3 is 39.9 Å². The summed E-state index contributed by atoms with van der Waals surface area (Å²) < 4.78 is 52.7. The van der Waals surface area contributed by atoms with E-state index in [1.165, 1.54) is 19.0 Å². The summed E-state index contributed by atoms with van der Waals surface area (Å²) in [7, 11) is 0. The van der Waals surface area contributed by atoms with Gasteiger partial charge in [-0.15, -0.1) is 0 Å². The van der Waals surface area contributed by atoms with Crippen LogP contribution in [0.4, 0.5) is 16.4 Å². The molecule has 8 rings (SSSR count). The summed E-state index contributed by atoms with van der Waals surface area (Å²) in [5.74, 6) is 1.28. The summed E-state index contributed by atoms with van der Waals surface area (Å²) in [5.41, 5.74) is 8.37. The average Bonchev–Trinajstić information content (AvgIpc) is 3.81. The van der Waals surface area contributed by atoms with Crippen molar-refractivity contribution in [1.29, 1.82) is 0 Å². The van der Waals surface area contributed by atoms with E-state index >= 15 is 0 Å². The second-order valence-corrected chi connectivity index (χ2v) is 14.5. The minimum Gasteiger partial charge on any atom is -0.431 e. The molecule has 0 saturated carbocycles. The number of imidazole rings is 1. The number of carbonyl (C=O) groups excluding carboxylic acids is 1. The first kappa shape index (κ1) is 30.7. The maximum atomic E-state index is 13.5. The summed E-state index contributed by atoms with van der Waals surface area (Å²) in [4.78, 5) is 35.1. The fourth-order valence-corrected chi connectivity index (χ4v) is 8.08. The highest BCUT2D eigenvalue weighted by Gasteiger charge is 2.46. The number of nitrogens with two attached hydrogens (primary N) is 1. The third kappa shape index (κ3) is 5.90. The van der Waals surface area contributed by atoms with Crippen molar-refractivity contribution in [2.45, 2.75) is 62.6 Å². The summed E-state index contributed by atoms with van der Waals surface area (Å²) in [5, 5.41) is 7.41. The van der Waals surface area contributed by atoms with E-state index in [0.29, 0.717) is 35.7 Å². The molecule has 0 aromatic carbocycles. The van der Waals surface area contributed by atoms with Crippen molar-refractivity contribution in [2.24, 2.45) is 5.73 Å². The van der Waals surface area contributed by atoms with E-state index in [1.807, 2.05) is 10.8 Å². The van der Waals surface area contributed by atoms with Gasteiger partial charge in [-0.3, -0.25) is 13.6 Å². The van der Waals surface area contributed by atoms with Gasteiger partial charge in [-0.2, -0.15) is 0 Å². The van der Waals surface area contributed by atoms with Crippen LogP contribution >= 0.6 is 19.0 Å². The van der Waals surface area contributed by atoms with Crippen LogP contribution in [0.1, 0.15) is 37.3 Å². The lowest BCUT2D eigenvalue weighted by Gasteiger charge is -2.24. The topological polar surface area (TPSA) is 214 Å². The van der Waals surface area contributed by atoms with Crippen molar-refractivity contribution in [3.05, 3.63) is 30.7 Å². The highest BCUT2D eigenvalue weighted by molar-refractivity contribution is 8.44. The highest BCUT2D eigenvalue weighted by Crippen LogP contribution is 2.57. The first-order chi connectivity index (χ1) is 22.9. The molecule has 8 heterocycles. The van der Waals surface area contributed by atoms with Crippen molar-refractivity contribution in [3.63, 3.8) is 0 Å². The Morgan fingerprint density at radius 2 is 1.91 bits per heavy atom. The fourth-order valence-electron chi connectivity index (χ4n) is 6.54. The van der Waals surface area contributed by atoms with Crippen LogP contribution in [0.5, 0.6) is 0 Å². The Balaban J connectivity index is 1.04. The molecule has 1 unspecified atom stereocenters. The molecule has 4 N–H and O–H groups in total. The van der Waals surface area contributed by atoms with Crippen LogP contribution in [0, 0.1) is 0 Å². The number of carbonyl (C=O) groups is 1. The zero-order valence-corrected chi connectivity index (χ0v) is 26.8. The number of thiol groups is 1. The van der Waals surface area contributed by atoms with Crippen LogP contribution in [0.2, 0.25) is 0 Å². The van der Waals surface area contributed by atoms with E-state index in [2.05, 4.69) is 47.8 Å². The van der Waals surface area contributed by atoms with Crippen LogP contribution < -0.4 is 16.4 Å². The molecule has 2 bridgehead atoms. The van der Waals surface area contributed by atoms with Crippen LogP contribution in [0.15, 0.2) is 25.2 Å². The summed E-state index contributed by atoms with van der Waals surface area (Å²) in [6.07, 6.45) is 3.33. The lowest BCUT2D eigenvalue weighted by molar-refractivity contribution is -0.0813. The molecular formula is C27H33N10O8PS. The smallest absolute Gasteiger partial charge is 0.431 e. The SMILES string of the molecule is NCCNc1ncnc2c1ncn2[C@@H]1O[C@@H]2COP(=O)(S)O[C@H]3C[C@H](n4cc5c6c(ncnc64)NCCC5)O[C@@H]3COC(=O)O[C@@H]1C2. The van der Waals surface area contributed by atoms with Gasteiger partial charge in [0, 0.05) is 38.7 Å². The number of hydrogen-bond donors (Lipinski definition) is 4. The minimum atomic E-state index is -3.93. The number of nitrogens with zero attached hydrogens (tertiary/aromatic N) is 7. The Hall–Kier alpha value is -3.58. The Bertz CT molecular complexity index is 1860. The zero-order valence-electron chi connectivity index (χ0n) is 25.0. The van der Waals surface area contributed by atoms with Gasteiger partial charge in [-0.25, -0.2) is 34.3 Å². The molecule has 0 spiro atoms. The number of aryl methyl sites for hydroxylation is 1. The predicted molar refractivity (Wildman–Crippen MR) is 168 cm³/mol. The first-order valence-corrected chi connectivity index (χ1v) is 18.1. The third-order valence-electron chi connectivity index (χ3n) is 8.61. The Labute approximate surface area is 272 Å². The second-order valence-electron chi connectivity index (χ2n) is 11.6. The summed E-state index contributed by atoms with van der Waals surface area (Å²) in [6, 6.07) is 0. The third-order valence-corrected chi connectivity index (χ3v) is 10.3. The highest BCUT2D eigenvalue weighted by atomic mass is 32.7. The number of nitrogens with one attached hydrogen (secondary N) is 2. The average molecular weight is 689 g/mol. The van der Waals surface area contributed by atoms with Gasteiger partial charge >= 0.3 is 13.0 Å². The number of rotatable bonds is 5. The monoisotopic (exact) mass is 688 g/mol. The molecule has 4 aromatic heterocycles. The van der Waals surface area contributed by atoms with E-state index < -0.39 is 49.8 Å². The Kier molecular flexibility index (Phi) is 8.15. The molecule has 4 aromatic rings. The molecule has 18 nitrogen and oxygen atoms in total. The minimum absolute atomic E-state index is 0.142. The maximum absolute atomic E-state index is 13.5. The van der Waals surface area contributed by atoms with Gasteiger partial charge in [-0.1, -0.05) is 12.2 Å². The lowest BCUT2D eigenvalue weighted by atomic mass is 10.1. The van der Waals surface area contributed by atoms with Crippen LogP contribution in [-0.2, 0) is 39.0 Å². The van der Waals surface area contributed by atoms with Gasteiger partial charge in [0.25, 0.3) is 0 Å². The lowest BCUT2D eigenvalue weighted by Crippen LogP contribution is -2.31. The molecule has 4 aliphatic heterocycles. The van der Waals surface area contributed by atoms with E-state index in [1.54, 1.807) is 4.57 Å². The number of cyclic esters (lactones) is 1. The van der Waals surface area contributed by atoms with Crippen molar-refractivity contribution < 1.29 is 37.4 Å². The normalized spacial score (nSPS) is 31.1. The molecule has 4 aliphatic rings. The number of anilines is 2.